The van der Waals surface area contributed by atoms with Crippen LogP contribution in [0.15, 0.2) is 24.3 Å². The van der Waals surface area contributed by atoms with E-state index in [0.717, 1.165) is 12.1 Å². The number of nitrogens with zero attached hydrogens (tertiary/aromatic N) is 1. The van der Waals surface area contributed by atoms with E-state index in [2.05, 4.69) is 0 Å². The summed E-state index contributed by atoms with van der Waals surface area (Å²) >= 11 is 0. The van der Waals surface area contributed by atoms with Crippen LogP contribution in [-0.2, 0) is 9.59 Å². The summed E-state index contributed by atoms with van der Waals surface area (Å²) in [5.74, 6) is 0.300. The third kappa shape index (κ3) is 4.98. The summed E-state index contributed by atoms with van der Waals surface area (Å²) in [5, 5.41) is 8.59. The van der Waals surface area contributed by atoms with Gasteiger partial charge in [-0.2, -0.15) is 0 Å². The number of carboxylic acids is 1. The van der Waals surface area contributed by atoms with E-state index in [4.69, 9.17) is 9.84 Å². The fourth-order valence-corrected chi connectivity index (χ4v) is 3.22. The Balaban J connectivity index is 1.91. The lowest BCUT2D eigenvalue weighted by Crippen LogP contribution is -2.32. The molecular weight excluding hydrogens is 294 g/mol. The average Bonchev–Trinajstić information content (AvgIpc) is 3.05. The molecule has 0 spiro atoms. The molecule has 1 aliphatic carbocycles. The fraction of sp³-hybridized carbons (Fsp3) is 0.556. The van der Waals surface area contributed by atoms with E-state index in [1.807, 2.05) is 6.92 Å². The van der Waals surface area contributed by atoms with Crippen LogP contribution in [0.1, 0.15) is 39.0 Å². The van der Waals surface area contributed by atoms with Crippen LogP contribution in [0.5, 0.6) is 5.75 Å². The molecule has 1 fully saturated rings. The number of hydrogen-bond donors (Lipinski definition) is 1. The van der Waals surface area contributed by atoms with Crippen LogP contribution in [0.4, 0.5) is 5.69 Å². The van der Waals surface area contributed by atoms with E-state index in [1.54, 1.807) is 36.2 Å². The van der Waals surface area contributed by atoms with E-state index in [-0.39, 0.29) is 18.4 Å². The Morgan fingerprint density at radius 2 is 1.87 bits per heavy atom. The number of carboxylic acid groups (broad SMARTS) is 1. The van der Waals surface area contributed by atoms with Gasteiger partial charge < -0.3 is 14.7 Å². The Labute approximate surface area is 137 Å². The Kier molecular flexibility index (Phi) is 6.02. The highest BCUT2D eigenvalue weighted by Gasteiger charge is 2.24. The topological polar surface area (TPSA) is 66.8 Å². The zero-order chi connectivity index (χ0) is 16.8. The van der Waals surface area contributed by atoms with Crippen molar-refractivity contribution < 1.29 is 19.4 Å². The molecule has 0 radical (unpaired) electrons. The molecule has 0 bridgehead atoms. The van der Waals surface area contributed by atoms with Crippen molar-refractivity contribution in [2.24, 2.45) is 11.8 Å². The van der Waals surface area contributed by atoms with Crippen molar-refractivity contribution in [3.63, 3.8) is 0 Å². The third-order valence-corrected chi connectivity index (χ3v) is 4.50. The van der Waals surface area contributed by atoms with Gasteiger partial charge in [-0.05, 0) is 36.6 Å². The number of hydrogen-bond acceptors (Lipinski definition) is 3. The summed E-state index contributed by atoms with van der Waals surface area (Å²) in [4.78, 5) is 24.7. The first kappa shape index (κ1) is 17.3. The van der Waals surface area contributed by atoms with Gasteiger partial charge in [-0.1, -0.05) is 32.6 Å². The Morgan fingerprint density at radius 1 is 1.26 bits per heavy atom. The molecule has 5 nitrogen and oxygen atoms in total. The Morgan fingerprint density at radius 3 is 2.43 bits per heavy atom. The smallest absolute Gasteiger partial charge is 0.341 e. The van der Waals surface area contributed by atoms with Gasteiger partial charge in [0, 0.05) is 18.7 Å². The maximum Gasteiger partial charge on any atom is 0.341 e. The Bertz CT molecular complexity index is 534. The van der Waals surface area contributed by atoms with Crippen LogP contribution in [0.2, 0.25) is 0 Å². The molecule has 5 heteroatoms. The predicted molar refractivity (Wildman–Crippen MR) is 88.7 cm³/mol. The second-order valence-electron chi connectivity index (χ2n) is 6.36. The van der Waals surface area contributed by atoms with Gasteiger partial charge in [0.1, 0.15) is 5.75 Å². The molecule has 2 rings (SSSR count). The molecule has 0 aliphatic heterocycles. The standard InChI is InChI=1S/C18H25NO4/c1-13(11-14-5-3-4-6-14)18(22)19(2)15-7-9-16(10-8-15)23-12-17(20)21/h7-10,13-14H,3-6,11-12H2,1-2H3,(H,20,21). The van der Waals surface area contributed by atoms with Gasteiger partial charge >= 0.3 is 5.97 Å². The van der Waals surface area contributed by atoms with Crippen molar-refractivity contribution in [3.05, 3.63) is 24.3 Å². The zero-order valence-electron chi connectivity index (χ0n) is 13.8. The van der Waals surface area contributed by atoms with Gasteiger partial charge in [-0.25, -0.2) is 4.79 Å². The van der Waals surface area contributed by atoms with Crippen molar-refractivity contribution in [1.29, 1.82) is 0 Å². The van der Waals surface area contributed by atoms with Crippen molar-refractivity contribution >= 4 is 17.6 Å². The van der Waals surface area contributed by atoms with Gasteiger partial charge in [-0.3, -0.25) is 4.79 Å². The first-order valence-corrected chi connectivity index (χ1v) is 8.19. The van der Waals surface area contributed by atoms with Crippen molar-refractivity contribution in [2.75, 3.05) is 18.6 Å². The number of ether oxygens (including phenoxy) is 1. The molecule has 1 amide bonds. The molecule has 0 saturated heterocycles. The summed E-state index contributed by atoms with van der Waals surface area (Å²) < 4.78 is 5.10. The van der Waals surface area contributed by atoms with Gasteiger partial charge in [0.15, 0.2) is 6.61 Å². The van der Waals surface area contributed by atoms with Crippen LogP contribution in [-0.4, -0.2) is 30.6 Å². The quantitative estimate of drug-likeness (QED) is 0.837. The maximum absolute atomic E-state index is 12.5. The molecule has 0 aromatic heterocycles. The van der Waals surface area contributed by atoms with Gasteiger partial charge in [0.25, 0.3) is 0 Å². The minimum absolute atomic E-state index is 0.0195. The Hall–Kier alpha value is -2.04. The molecule has 126 valence electrons. The normalized spacial score (nSPS) is 16.1. The number of rotatable bonds is 7. The van der Waals surface area contributed by atoms with Crippen LogP contribution in [0.25, 0.3) is 0 Å². The number of aliphatic carboxylic acids is 1. The highest BCUT2D eigenvalue weighted by Crippen LogP contribution is 2.31. The monoisotopic (exact) mass is 319 g/mol. The average molecular weight is 319 g/mol. The lowest BCUT2D eigenvalue weighted by molar-refractivity contribution is -0.139. The van der Waals surface area contributed by atoms with Crippen molar-refractivity contribution in [2.45, 2.75) is 39.0 Å². The summed E-state index contributed by atoms with van der Waals surface area (Å²) in [6, 6.07) is 6.92. The van der Waals surface area contributed by atoms with E-state index < -0.39 is 5.97 Å². The molecule has 1 aromatic rings. The third-order valence-electron chi connectivity index (χ3n) is 4.50. The van der Waals surface area contributed by atoms with Crippen LogP contribution in [0.3, 0.4) is 0 Å². The molecule has 1 N–H and O–H groups in total. The van der Waals surface area contributed by atoms with E-state index in [9.17, 15) is 9.59 Å². The van der Waals surface area contributed by atoms with E-state index in [0.29, 0.717) is 11.7 Å². The lowest BCUT2D eigenvalue weighted by Gasteiger charge is -2.23. The van der Waals surface area contributed by atoms with E-state index >= 15 is 0 Å². The van der Waals surface area contributed by atoms with Crippen LogP contribution >= 0.6 is 0 Å². The molecular formula is C18H25NO4. The number of anilines is 1. The van der Waals surface area contributed by atoms with Crippen LogP contribution in [0, 0.1) is 11.8 Å². The summed E-state index contributed by atoms with van der Waals surface area (Å²) in [6.45, 7) is 1.63. The van der Waals surface area contributed by atoms with Gasteiger partial charge in [0.2, 0.25) is 5.91 Å². The first-order valence-electron chi connectivity index (χ1n) is 8.19. The number of carbonyl (C=O) groups is 2. The summed E-state index contributed by atoms with van der Waals surface area (Å²) in [7, 11) is 1.78. The molecule has 23 heavy (non-hydrogen) atoms. The molecule has 1 atom stereocenters. The maximum atomic E-state index is 12.5. The van der Waals surface area contributed by atoms with Crippen LogP contribution < -0.4 is 9.64 Å². The molecule has 1 saturated carbocycles. The highest BCUT2D eigenvalue weighted by molar-refractivity contribution is 5.94. The van der Waals surface area contributed by atoms with Crippen molar-refractivity contribution in [1.82, 2.24) is 0 Å². The summed E-state index contributed by atoms with van der Waals surface area (Å²) in [5.41, 5.74) is 0.788. The minimum atomic E-state index is -1.01. The SMILES string of the molecule is CC(CC1CCCC1)C(=O)N(C)c1ccc(OCC(=O)O)cc1. The molecule has 1 unspecified atom stereocenters. The van der Waals surface area contributed by atoms with Gasteiger partial charge in [0.05, 0.1) is 0 Å². The van der Waals surface area contributed by atoms with E-state index in [1.165, 1.54) is 25.7 Å². The number of benzene rings is 1. The largest absolute Gasteiger partial charge is 0.482 e. The minimum Gasteiger partial charge on any atom is -0.482 e. The zero-order valence-corrected chi connectivity index (χ0v) is 13.8. The van der Waals surface area contributed by atoms with Crippen molar-refractivity contribution in [3.8, 4) is 5.75 Å². The second-order valence-corrected chi connectivity index (χ2v) is 6.36. The fourth-order valence-electron chi connectivity index (χ4n) is 3.22. The highest BCUT2D eigenvalue weighted by atomic mass is 16.5. The molecule has 0 heterocycles. The molecule has 1 aromatic carbocycles. The summed E-state index contributed by atoms with van der Waals surface area (Å²) in [6.07, 6.45) is 6.04. The second kappa shape index (κ2) is 7.99. The lowest BCUT2D eigenvalue weighted by atomic mass is 9.93. The number of carbonyl (C=O) groups excluding carboxylic acids is 1. The first-order chi connectivity index (χ1) is 11.0. The molecule has 1 aliphatic rings. The predicted octanol–water partition coefficient (Wildman–Crippen LogP) is 3.33. The number of amides is 1. The van der Waals surface area contributed by atoms with Gasteiger partial charge in [-0.15, -0.1) is 0 Å².